The lowest BCUT2D eigenvalue weighted by Crippen LogP contribution is -2.38. The van der Waals surface area contributed by atoms with Crippen LogP contribution in [0.15, 0.2) is 42.5 Å². The fraction of sp³-hybridized carbons (Fsp3) is 0.286. The predicted molar refractivity (Wildman–Crippen MR) is 110 cm³/mol. The summed E-state index contributed by atoms with van der Waals surface area (Å²) in [5, 5.41) is 12.8. The van der Waals surface area contributed by atoms with Crippen LogP contribution in [0.3, 0.4) is 0 Å². The Morgan fingerprint density at radius 2 is 1.53 bits per heavy atom. The highest BCUT2D eigenvalue weighted by Gasteiger charge is 2.30. The van der Waals surface area contributed by atoms with Gasteiger partial charge < -0.3 is 25.5 Å². The number of methoxy groups -OCH3 is 2. The molecule has 0 saturated carbocycles. The van der Waals surface area contributed by atoms with Gasteiger partial charge in [-0.15, -0.1) is 0 Å². The van der Waals surface area contributed by atoms with Crippen LogP contribution in [-0.4, -0.2) is 31.7 Å². The summed E-state index contributed by atoms with van der Waals surface area (Å²) in [6.07, 6.45) is 0. The second-order valence-electron chi connectivity index (χ2n) is 6.63. The zero-order chi connectivity index (χ0) is 22.5. The van der Waals surface area contributed by atoms with E-state index in [0.29, 0.717) is 17.2 Å². The van der Waals surface area contributed by atoms with E-state index >= 15 is 0 Å². The highest BCUT2D eigenvalue weighted by molar-refractivity contribution is 6.24. The van der Waals surface area contributed by atoms with E-state index < -0.39 is 23.7 Å². The number of ether oxygens (including phenoxy) is 2. The summed E-state index contributed by atoms with van der Waals surface area (Å²) in [7, 11) is 2.91. The quantitative estimate of drug-likeness (QED) is 0.444. The maximum absolute atomic E-state index is 13.5. The van der Waals surface area contributed by atoms with E-state index in [1.165, 1.54) is 45.4 Å². The Morgan fingerprint density at radius 1 is 0.967 bits per heavy atom. The molecular formula is C21H23F2N3O4. The molecule has 7 nitrogen and oxygen atoms in total. The second kappa shape index (κ2) is 9.34. The number of hydrogen-bond donors (Lipinski definition) is 3. The van der Waals surface area contributed by atoms with E-state index in [-0.39, 0.29) is 17.0 Å². The van der Waals surface area contributed by atoms with E-state index in [9.17, 15) is 18.4 Å². The van der Waals surface area contributed by atoms with Gasteiger partial charge in [-0.2, -0.15) is 0 Å². The van der Waals surface area contributed by atoms with Gasteiger partial charge in [0.15, 0.2) is 17.4 Å². The summed E-state index contributed by atoms with van der Waals surface area (Å²) in [5.74, 6) is -5.26. The molecule has 3 N–H and O–H groups in total. The average molecular weight is 419 g/mol. The SMILES string of the molecule is COc1ccc(NC(=O)C(C(C)=N)C(=O)Nc2cccc(C(C)(F)F)c2)cc1OC. The summed E-state index contributed by atoms with van der Waals surface area (Å²) in [5.41, 5.74) is -0.0471. The predicted octanol–water partition coefficient (Wildman–Crippen LogP) is 4.05. The Hall–Kier alpha value is -3.49. The van der Waals surface area contributed by atoms with Gasteiger partial charge in [0.1, 0.15) is 0 Å². The lowest BCUT2D eigenvalue weighted by molar-refractivity contribution is -0.126. The summed E-state index contributed by atoms with van der Waals surface area (Å²) in [4.78, 5) is 25.3. The van der Waals surface area contributed by atoms with E-state index in [1.807, 2.05) is 0 Å². The van der Waals surface area contributed by atoms with Crippen molar-refractivity contribution in [2.24, 2.45) is 5.92 Å². The number of rotatable bonds is 8. The van der Waals surface area contributed by atoms with Gasteiger partial charge in [-0.3, -0.25) is 9.59 Å². The summed E-state index contributed by atoms with van der Waals surface area (Å²) in [6.45, 7) is 2.06. The molecule has 0 saturated heterocycles. The third-order valence-corrected chi connectivity index (χ3v) is 4.25. The van der Waals surface area contributed by atoms with Crippen molar-refractivity contribution in [1.29, 1.82) is 5.41 Å². The molecule has 0 aliphatic carbocycles. The fourth-order valence-electron chi connectivity index (χ4n) is 2.73. The molecule has 2 rings (SSSR count). The molecule has 2 aromatic carbocycles. The molecule has 1 unspecified atom stereocenters. The van der Waals surface area contributed by atoms with Crippen molar-refractivity contribution >= 4 is 28.9 Å². The molecule has 160 valence electrons. The zero-order valence-corrected chi connectivity index (χ0v) is 17.0. The number of carbonyl (C=O) groups is 2. The monoisotopic (exact) mass is 419 g/mol. The minimum atomic E-state index is -3.08. The van der Waals surface area contributed by atoms with E-state index in [2.05, 4.69) is 10.6 Å². The lowest BCUT2D eigenvalue weighted by atomic mass is 10.0. The second-order valence-corrected chi connectivity index (χ2v) is 6.63. The molecule has 30 heavy (non-hydrogen) atoms. The molecule has 0 bridgehead atoms. The minimum absolute atomic E-state index is 0.101. The smallest absolute Gasteiger partial charge is 0.270 e. The van der Waals surface area contributed by atoms with E-state index in [4.69, 9.17) is 14.9 Å². The van der Waals surface area contributed by atoms with Crippen molar-refractivity contribution in [3.05, 3.63) is 48.0 Å². The number of halogens is 2. The Morgan fingerprint density at radius 3 is 2.03 bits per heavy atom. The van der Waals surface area contributed by atoms with Gasteiger partial charge in [0, 0.05) is 35.6 Å². The highest BCUT2D eigenvalue weighted by atomic mass is 19.3. The number of hydrogen-bond acceptors (Lipinski definition) is 5. The molecule has 0 aliphatic heterocycles. The van der Waals surface area contributed by atoms with Crippen molar-refractivity contribution < 1.29 is 27.8 Å². The van der Waals surface area contributed by atoms with Crippen molar-refractivity contribution in [2.75, 3.05) is 24.9 Å². The first-order valence-corrected chi connectivity index (χ1v) is 8.94. The molecule has 1 atom stereocenters. The Bertz CT molecular complexity index is 958. The fourth-order valence-corrected chi connectivity index (χ4v) is 2.73. The van der Waals surface area contributed by atoms with Gasteiger partial charge in [-0.05, 0) is 31.2 Å². The topological polar surface area (TPSA) is 101 Å². The van der Waals surface area contributed by atoms with Crippen LogP contribution in [0.25, 0.3) is 0 Å². The first-order chi connectivity index (χ1) is 14.1. The number of carbonyl (C=O) groups excluding carboxylic acids is 2. The van der Waals surface area contributed by atoms with Crippen LogP contribution in [0, 0.1) is 11.3 Å². The highest BCUT2D eigenvalue weighted by Crippen LogP contribution is 2.30. The van der Waals surface area contributed by atoms with Gasteiger partial charge >= 0.3 is 0 Å². The van der Waals surface area contributed by atoms with Crippen molar-refractivity contribution in [3.63, 3.8) is 0 Å². The molecule has 0 fully saturated rings. The van der Waals surface area contributed by atoms with Crippen molar-refractivity contribution in [2.45, 2.75) is 19.8 Å². The number of nitrogens with one attached hydrogen (secondary N) is 3. The van der Waals surface area contributed by atoms with E-state index in [0.717, 1.165) is 13.0 Å². The Balaban J connectivity index is 2.20. The number of amides is 2. The standard InChI is InChI=1S/C21H23F2N3O4/c1-12(24)18(19(27)25-14-7-5-6-13(10-14)21(2,22)23)20(28)26-15-8-9-16(29-3)17(11-15)30-4/h5-11,18,24H,1-4H3,(H,25,27)(H,26,28). The molecule has 9 heteroatoms. The molecule has 0 aliphatic rings. The van der Waals surface area contributed by atoms with Gasteiger partial charge in [0.05, 0.1) is 14.2 Å². The summed E-state index contributed by atoms with van der Waals surface area (Å²) >= 11 is 0. The molecule has 2 amide bonds. The maximum Gasteiger partial charge on any atom is 0.270 e. The number of anilines is 2. The Kier molecular flexibility index (Phi) is 7.10. The lowest BCUT2D eigenvalue weighted by Gasteiger charge is -2.17. The summed E-state index contributed by atoms with van der Waals surface area (Å²) < 4.78 is 37.3. The van der Waals surface area contributed by atoms with Crippen LogP contribution in [0.4, 0.5) is 20.2 Å². The van der Waals surface area contributed by atoms with Crippen LogP contribution in [0.2, 0.25) is 0 Å². The molecular weight excluding hydrogens is 396 g/mol. The van der Waals surface area contributed by atoms with Gasteiger partial charge in [0.25, 0.3) is 5.92 Å². The first-order valence-electron chi connectivity index (χ1n) is 8.94. The maximum atomic E-state index is 13.5. The largest absolute Gasteiger partial charge is 0.493 e. The van der Waals surface area contributed by atoms with Crippen LogP contribution >= 0.6 is 0 Å². The molecule has 2 aromatic rings. The molecule has 0 aromatic heterocycles. The van der Waals surface area contributed by atoms with Crippen LogP contribution < -0.4 is 20.1 Å². The molecule has 0 heterocycles. The third-order valence-electron chi connectivity index (χ3n) is 4.25. The third kappa shape index (κ3) is 5.53. The minimum Gasteiger partial charge on any atom is -0.493 e. The van der Waals surface area contributed by atoms with Crippen LogP contribution in [-0.2, 0) is 15.5 Å². The van der Waals surface area contributed by atoms with Crippen molar-refractivity contribution in [1.82, 2.24) is 0 Å². The van der Waals surface area contributed by atoms with Crippen LogP contribution in [0.5, 0.6) is 11.5 Å². The zero-order valence-electron chi connectivity index (χ0n) is 17.0. The molecule has 0 radical (unpaired) electrons. The van der Waals surface area contributed by atoms with Crippen molar-refractivity contribution in [3.8, 4) is 11.5 Å². The number of benzene rings is 2. The first kappa shape index (κ1) is 22.8. The van der Waals surface area contributed by atoms with E-state index in [1.54, 1.807) is 12.1 Å². The normalized spacial score (nSPS) is 11.9. The average Bonchev–Trinajstić information content (AvgIpc) is 2.67. The van der Waals surface area contributed by atoms with Gasteiger partial charge in [-0.1, -0.05) is 12.1 Å². The number of alkyl halides is 2. The molecule has 0 spiro atoms. The van der Waals surface area contributed by atoms with Crippen LogP contribution in [0.1, 0.15) is 19.4 Å². The summed E-state index contributed by atoms with van der Waals surface area (Å²) in [6, 6.07) is 9.81. The van der Waals surface area contributed by atoms with Gasteiger partial charge in [0.2, 0.25) is 11.8 Å². The Labute approximate surface area is 172 Å². The van der Waals surface area contributed by atoms with Gasteiger partial charge in [-0.25, -0.2) is 8.78 Å².